The molecule has 1 N–H and O–H groups in total. The highest BCUT2D eigenvalue weighted by Crippen LogP contribution is 2.27. The minimum absolute atomic E-state index is 0.127. The molecule has 0 spiro atoms. The summed E-state index contributed by atoms with van der Waals surface area (Å²) in [4.78, 5) is 25.7. The number of carbonyl (C=O) groups is 2. The van der Waals surface area contributed by atoms with Crippen LogP contribution in [0.4, 0.5) is 0 Å². The largest absolute Gasteiger partial charge is 0.467 e. The number of rotatable bonds is 2. The molecule has 1 aliphatic rings. The summed E-state index contributed by atoms with van der Waals surface area (Å²) in [5, 5.41) is 9.73. The lowest BCUT2D eigenvalue weighted by atomic mass is 10.1. The number of hydrogen-bond donors (Lipinski definition) is 1. The van der Waals surface area contributed by atoms with E-state index in [0.29, 0.717) is 17.1 Å². The number of β-amino-alcohol motifs (C(OH)–C–C–N with tert-alkyl or cyclic N) is 1. The highest BCUT2D eigenvalue weighted by Gasteiger charge is 2.41. The van der Waals surface area contributed by atoms with Crippen molar-refractivity contribution in [1.29, 1.82) is 0 Å². The standard InChI is InChI=1S/C14H19NO5/c1-7-8(2)20-9(3)12(7)13(17)15-6-10(16)5-11(15)14(18)19-4/h10-11,16H,5-6H2,1-4H3. The van der Waals surface area contributed by atoms with Gasteiger partial charge in [0.25, 0.3) is 5.91 Å². The van der Waals surface area contributed by atoms with Gasteiger partial charge < -0.3 is 19.2 Å². The normalized spacial score (nSPS) is 22.1. The Balaban J connectivity index is 2.34. The number of ether oxygens (including phenoxy) is 1. The van der Waals surface area contributed by atoms with Crippen LogP contribution < -0.4 is 0 Å². The van der Waals surface area contributed by atoms with Crippen LogP contribution in [0.3, 0.4) is 0 Å². The molecule has 110 valence electrons. The van der Waals surface area contributed by atoms with Gasteiger partial charge >= 0.3 is 5.97 Å². The lowest BCUT2D eigenvalue weighted by Gasteiger charge is -2.22. The van der Waals surface area contributed by atoms with Crippen LogP contribution in [0, 0.1) is 20.8 Å². The predicted molar refractivity (Wildman–Crippen MR) is 70.4 cm³/mol. The van der Waals surface area contributed by atoms with Gasteiger partial charge in [0.05, 0.1) is 18.8 Å². The van der Waals surface area contributed by atoms with Crippen molar-refractivity contribution in [2.24, 2.45) is 0 Å². The van der Waals surface area contributed by atoms with E-state index >= 15 is 0 Å². The molecule has 6 nitrogen and oxygen atoms in total. The van der Waals surface area contributed by atoms with Gasteiger partial charge in [0.15, 0.2) is 0 Å². The van der Waals surface area contributed by atoms with Gasteiger partial charge in [-0.1, -0.05) is 0 Å². The van der Waals surface area contributed by atoms with E-state index in [4.69, 9.17) is 9.15 Å². The number of nitrogens with zero attached hydrogens (tertiary/aromatic N) is 1. The molecule has 0 aromatic carbocycles. The van der Waals surface area contributed by atoms with Gasteiger partial charge in [-0.05, 0) is 20.8 Å². The lowest BCUT2D eigenvalue weighted by Crippen LogP contribution is -2.41. The van der Waals surface area contributed by atoms with Crippen LogP contribution in [-0.4, -0.2) is 47.7 Å². The maximum absolute atomic E-state index is 12.6. The highest BCUT2D eigenvalue weighted by atomic mass is 16.5. The topological polar surface area (TPSA) is 80.0 Å². The molecule has 1 aromatic heterocycles. The fourth-order valence-electron chi connectivity index (χ4n) is 2.65. The number of hydrogen-bond acceptors (Lipinski definition) is 5. The summed E-state index contributed by atoms with van der Waals surface area (Å²) in [5.74, 6) is 0.393. The van der Waals surface area contributed by atoms with Gasteiger partial charge in [-0.2, -0.15) is 0 Å². The van der Waals surface area contributed by atoms with Crippen molar-refractivity contribution in [3.8, 4) is 0 Å². The minimum atomic E-state index is -0.739. The van der Waals surface area contributed by atoms with Gasteiger partial charge in [0, 0.05) is 18.5 Å². The molecule has 2 heterocycles. The Kier molecular flexibility index (Phi) is 3.85. The number of amides is 1. The van der Waals surface area contributed by atoms with Crippen LogP contribution in [0.1, 0.15) is 33.9 Å². The van der Waals surface area contributed by atoms with Crippen LogP contribution in [0.5, 0.6) is 0 Å². The molecule has 2 atom stereocenters. The molecule has 2 rings (SSSR count). The molecular formula is C14H19NO5. The summed E-state index contributed by atoms with van der Waals surface area (Å²) in [7, 11) is 1.27. The third-order valence-electron chi connectivity index (χ3n) is 3.79. The molecular weight excluding hydrogens is 262 g/mol. The van der Waals surface area contributed by atoms with E-state index in [9.17, 15) is 14.7 Å². The number of aliphatic hydroxyl groups excluding tert-OH is 1. The van der Waals surface area contributed by atoms with E-state index in [1.165, 1.54) is 12.0 Å². The quantitative estimate of drug-likeness (QED) is 0.816. The number of carbonyl (C=O) groups excluding carboxylic acids is 2. The van der Waals surface area contributed by atoms with E-state index in [1.807, 2.05) is 0 Å². The van der Waals surface area contributed by atoms with Crippen molar-refractivity contribution in [2.45, 2.75) is 39.3 Å². The predicted octanol–water partition coefficient (Wildman–Crippen LogP) is 0.953. The third-order valence-corrected chi connectivity index (χ3v) is 3.79. The second kappa shape index (κ2) is 5.28. The van der Waals surface area contributed by atoms with Crippen LogP contribution in [0.15, 0.2) is 4.42 Å². The fraction of sp³-hybridized carbons (Fsp3) is 0.571. The van der Waals surface area contributed by atoms with E-state index in [1.54, 1.807) is 20.8 Å². The summed E-state index contributed by atoms with van der Waals surface area (Å²) in [5.41, 5.74) is 1.23. The van der Waals surface area contributed by atoms with E-state index < -0.39 is 18.1 Å². The molecule has 1 amide bonds. The van der Waals surface area contributed by atoms with Crippen molar-refractivity contribution in [3.05, 3.63) is 22.6 Å². The second-order valence-electron chi connectivity index (χ2n) is 5.10. The number of aryl methyl sites for hydroxylation is 2. The van der Waals surface area contributed by atoms with Crippen molar-refractivity contribution in [3.63, 3.8) is 0 Å². The summed E-state index contributed by atoms with van der Waals surface area (Å²) in [6.45, 7) is 5.43. The summed E-state index contributed by atoms with van der Waals surface area (Å²) < 4.78 is 10.1. The summed E-state index contributed by atoms with van der Waals surface area (Å²) in [6, 6.07) is -0.739. The monoisotopic (exact) mass is 281 g/mol. The fourth-order valence-corrected chi connectivity index (χ4v) is 2.65. The van der Waals surface area contributed by atoms with Crippen molar-refractivity contribution < 1.29 is 23.8 Å². The molecule has 0 aliphatic carbocycles. The molecule has 1 saturated heterocycles. The number of furan rings is 1. The maximum Gasteiger partial charge on any atom is 0.328 e. The van der Waals surface area contributed by atoms with Gasteiger partial charge in [-0.3, -0.25) is 4.79 Å². The number of aliphatic hydroxyl groups is 1. The molecule has 0 saturated carbocycles. The molecule has 1 fully saturated rings. The minimum Gasteiger partial charge on any atom is -0.467 e. The zero-order valence-corrected chi connectivity index (χ0v) is 12.1. The van der Waals surface area contributed by atoms with E-state index in [2.05, 4.69) is 0 Å². The first-order valence-corrected chi connectivity index (χ1v) is 6.50. The van der Waals surface area contributed by atoms with Gasteiger partial charge in [-0.15, -0.1) is 0 Å². The first-order valence-electron chi connectivity index (χ1n) is 6.50. The lowest BCUT2D eigenvalue weighted by molar-refractivity contribution is -0.145. The Labute approximate surface area is 117 Å². The summed E-state index contributed by atoms with van der Waals surface area (Å²) >= 11 is 0. The highest BCUT2D eigenvalue weighted by molar-refractivity contribution is 5.99. The van der Waals surface area contributed by atoms with Crippen molar-refractivity contribution in [1.82, 2.24) is 4.90 Å². The van der Waals surface area contributed by atoms with Gasteiger partial charge in [0.2, 0.25) is 0 Å². The Hall–Kier alpha value is -1.82. The van der Waals surface area contributed by atoms with Crippen molar-refractivity contribution in [2.75, 3.05) is 13.7 Å². The SMILES string of the molecule is COC(=O)C1CC(O)CN1C(=O)c1c(C)oc(C)c1C. The first-order chi connectivity index (χ1) is 9.36. The molecule has 6 heteroatoms. The Morgan fingerprint density at radius 2 is 1.95 bits per heavy atom. The Morgan fingerprint density at radius 3 is 2.45 bits per heavy atom. The van der Waals surface area contributed by atoms with Crippen molar-refractivity contribution >= 4 is 11.9 Å². The van der Waals surface area contributed by atoms with Crippen LogP contribution in [-0.2, 0) is 9.53 Å². The average Bonchev–Trinajstić information content (AvgIpc) is 2.90. The van der Waals surface area contributed by atoms with Gasteiger partial charge in [-0.25, -0.2) is 4.79 Å². The van der Waals surface area contributed by atoms with E-state index in [0.717, 1.165) is 5.56 Å². The molecule has 0 bridgehead atoms. The number of methoxy groups -OCH3 is 1. The van der Waals surface area contributed by atoms with Gasteiger partial charge in [0.1, 0.15) is 17.6 Å². The number of likely N-dealkylation sites (tertiary alicyclic amines) is 1. The maximum atomic E-state index is 12.6. The molecule has 0 radical (unpaired) electrons. The molecule has 20 heavy (non-hydrogen) atoms. The van der Waals surface area contributed by atoms with Crippen LogP contribution in [0.2, 0.25) is 0 Å². The zero-order chi connectivity index (χ0) is 15.0. The second-order valence-corrected chi connectivity index (χ2v) is 5.10. The smallest absolute Gasteiger partial charge is 0.328 e. The molecule has 2 unspecified atom stereocenters. The van der Waals surface area contributed by atoms with E-state index in [-0.39, 0.29) is 18.9 Å². The summed E-state index contributed by atoms with van der Waals surface area (Å²) in [6.07, 6.45) is -0.510. The Bertz CT molecular complexity index is 548. The average molecular weight is 281 g/mol. The van der Waals surface area contributed by atoms with Crippen LogP contribution in [0.25, 0.3) is 0 Å². The Morgan fingerprint density at radius 1 is 1.30 bits per heavy atom. The number of esters is 1. The molecule has 1 aliphatic heterocycles. The molecule has 1 aromatic rings. The van der Waals surface area contributed by atoms with Crippen LogP contribution >= 0.6 is 0 Å². The first kappa shape index (κ1) is 14.6. The third kappa shape index (κ3) is 2.31. The zero-order valence-electron chi connectivity index (χ0n) is 12.1.